The fourth-order valence-electron chi connectivity index (χ4n) is 2.73. The van der Waals surface area contributed by atoms with E-state index >= 15 is 0 Å². The molecule has 2 N–H and O–H groups in total. The third kappa shape index (κ3) is 4.55. The van der Waals surface area contributed by atoms with Crippen LogP contribution in [0.4, 0.5) is 4.39 Å². The van der Waals surface area contributed by atoms with Gasteiger partial charge in [0, 0.05) is 6.54 Å². The fourth-order valence-corrected chi connectivity index (χ4v) is 2.73. The van der Waals surface area contributed by atoms with E-state index in [1.165, 1.54) is 17.7 Å². The highest BCUT2D eigenvalue weighted by atomic mass is 19.1. The van der Waals surface area contributed by atoms with Gasteiger partial charge in [0.25, 0.3) is 0 Å². The van der Waals surface area contributed by atoms with Gasteiger partial charge in [0.2, 0.25) is 5.91 Å². The number of carbonyl (C=O) groups is 1. The van der Waals surface area contributed by atoms with E-state index in [2.05, 4.69) is 10.6 Å². The van der Waals surface area contributed by atoms with Crippen LogP contribution in [0.5, 0.6) is 5.75 Å². The van der Waals surface area contributed by atoms with Crippen LogP contribution in [0, 0.1) is 5.82 Å². The Hall–Kier alpha value is -2.40. The van der Waals surface area contributed by atoms with E-state index in [0.717, 1.165) is 37.2 Å². The minimum absolute atomic E-state index is 0.0566. The number of nitrogens with one attached hydrogen (secondary N) is 2. The van der Waals surface area contributed by atoms with Gasteiger partial charge in [-0.2, -0.15) is 0 Å². The predicted octanol–water partition coefficient (Wildman–Crippen LogP) is 2.43. The number of ether oxygens (including phenoxy) is 1. The summed E-state index contributed by atoms with van der Waals surface area (Å²) < 4.78 is 18.8. The average molecular weight is 328 g/mol. The van der Waals surface area contributed by atoms with Crippen LogP contribution in [-0.4, -0.2) is 25.0 Å². The van der Waals surface area contributed by atoms with Crippen LogP contribution >= 0.6 is 0 Å². The normalized spacial score (nSPS) is 16.9. The quantitative estimate of drug-likeness (QED) is 0.821. The minimum Gasteiger partial charge on any atom is -0.489 e. The van der Waals surface area contributed by atoms with Gasteiger partial charge in [-0.05, 0) is 54.8 Å². The van der Waals surface area contributed by atoms with Gasteiger partial charge in [-0.3, -0.25) is 4.79 Å². The monoisotopic (exact) mass is 328 g/mol. The molecule has 0 aliphatic carbocycles. The molecule has 0 bridgehead atoms. The third-order valence-electron chi connectivity index (χ3n) is 4.07. The van der Waals surface area contributed by atoms with E-state index < -0.39 is 0 Å². The Labute approximate surface area is 141 Å². The van der Waals surface area contributed by atoms with Crippen molar-refractivity contribution < 1.29 is 13.9 Å². The zero-order valence-electron chi connectivity index (χ0n) is 13.4. The number of rotatable bonds is 7. The van der Waals surface area contributed by atoms with Gasteiger partial charge in [-0.1, -0.05) is 24.3 Å². The van der Waals surface area contributed by atoms with Crippen LogP contribution < -0.4 is 15.4 Å². The van der Waals surface area contributed by atoms with Crippen LogP contribution in [-0.2, 0) is 17.8 Å². The van der Waals surface area contributed by atoms with Crippen molar-refractivity contribution in [3.63, 3.8) is 0 Å². The second-order valence-corrected chi connectivity index (χ2v) is 5.90. The molecule has 1 amide bonds. The van der Waals surface area contributed by atoms with E-state index in [1.807, 2.05) is 30.3 Å². The maximum Gasteiger partial charge on any atom is 0.237 e. The summed E-state index contributed by atoms with van der Waals surface area (Å²) in [5, 5.41) is 6.08. The summed E-state index contributed by atoms with van der Waals surface area (Å²) in [5.74, 6) is 0.595. The van der Waals surface area contributed by atoms with Crippen LogP contribution in [0.3, 0.4) is 0 Å². The van der Waals surface area contributed by atoms with Crippen molar-refractivity contribution in [3.05, 3.63) is 65.5 Å². The average Bonchev–Trinajstić information content (AvgIpc) is 2.99. The molecule has 24 heavy (non-hydrogen) atoms. The summed E-state index contributed by atoms with van der Waals surface area (Å²) in [5.41, 5.74) is 1.98. The summed E-state index contributed by atoms with van der Waals surface area (Å²) in [4.78, 5) is 11.5. The molecule has 1 heterocycles. The Morgan fingerprint density at radius 1 is 1.17 bits per heavy atom. The number of halogens is 1. The van der Waals surface area contributed by atoms with Crippen LogP contribution in [0.15, 0.2) is 48.5 Å². The second-order valence-electron chi connectivity index (χ2n) is 5.90. The Kier molecular flexibility index (Phi) is 5.43. The molecule has 4 nitrogen and oxygen atoms in total. The SMILES string of the molecule is O=C1NCCC1NCCc1ccc(OCc2cccc(F)c2)cc1. The van der Waals surface area contributed by atoms with E-state index in [4.69, 9.17) is 4.74 Å². The second kappa shape index (κ2) is 7.93. The molecule has 0 saturated carbocycles. The van der Waals surface area contributed by atoms with Gasteiger partial charge in [0.1, 0.15) is 18.2 Å². The van der Waals surface area contributed by atoms with Crippen LogP contribution in [0.25, 0.3) is 0 Å². The minimum atomic E-state index is -0.255. The van der Waals surface area contributed by atoms with Gasteiger partial charge in [-0.15, -0.1) is 0 Å². The van der Waals surface area contributed by atoms with Gasteiger partial charge >= 0.3 is 0 Å². The lowest BCUT2D eigenvalue weighted by Gasteiger charge is -2.10. The standard InChI is InChI=1S/C19H21FN2O2/c20-16-3-1-2-15(12-16)13-24-17-6-4-14(5-7-17)8-10-21-18-9-11-22-19(18)23/h1-7,12,18,21H,8-11,13H2,(H,22,23). The molecule has 0 aromatic heterocycles. The molecular formula is C19H21FN2O2. The first-order valence-electron chi connectivity index (χ1n) is 8.18. The first-order chi connectivity index (χ1) is 11.7. The van der Waals surface area contributed by atoms with Crippen molar-refractivity contribution in [1.82, 2.24) is 10.6 Å². The summed E-state index contributed by atoms with van der Waals surface area (Å²) >= 11 is 0. The zero-order chi connectivity index (χ0) is 16.8. The highest BCUT2D eigenvalue weighted by molar-refractivity contribution is 5.83. The summed E-state index contributed by atoms with van der Waals surface area (Å²) in [6, 6.07) is 14.2. The molecule has 0 radical (unpaired) electrons. The molecule has 1 unspecified atom stereocenters. The zero-order valence-corrected chi connectivity index (χ0v) is 13.4. The summed E-state index contributed by atoms with van der Waals surface area (Å²) in [7, 11) is 0. The number of hydrogen-bond donors (Lipinski definition) is 2. The molecule has 1 fully saturated rings. The molecule has 2 aromatic carbocycles. The predicted molar refractivity (Wildman–Crippen MR) is 90.3 cm³/mol. The highest BCUT2D eigenvalue weighted by Crippen LogP contribution is 2.15. The first-order valence-corrected chi connectivity index (χ1v) is 8.18. The number of amides is 1. The Morgan fingerprint density at radius 2 is 2.00 bits per heavy atom. The van der Waals surface area contributed by atoms with Crippen LogP contribution in [0.2, 0.25) is 0 Å². The van der Waals surface area contributed by atoms with E-state index in [1.54, 1.807) is 6.07 Å². The van der Waals surface area contributed by atoms with Crippen molar-refractivity contribution in [2.24, 2.45) is 0 Å². The lowest BCUT2D eigenvalue weighted by atomic mass is 10.1. The van der Waals surface area contributed by atoms with Crippen molar-refractivity contribution >= 4 is 5.91 Å². The highest BCUT2D eigenvalue weighted by Gasteiger charge is 2.22. The van der Waals surface area contributed by atoms with Crippen molar-refractivity contribution in [2.45, 2.75) is 25.5 Å². The van der Waals surface area contributed by atoms with Crippen molar-refractivity contribution in [3.8, 4) is 5.75 Å². The lowest BCUT2D eigenvalue weighted by molar-refractivity contribution is -0.120. The third-order valence-corrected chi connectivity index (χ3v) is 4.07. The van der Waals surface area contributed by atoms with E-state index in [9.17, 15) is 9.18 Å². The smallest absolute Gasteiger partial charge is 0.237 e. The van der Waals surface area contributed by atoms with Gasteiger partial charge in [0.15, 0.2) is 0 Å². The maximum atomic E-state index is 13.1. The number of benzene rings is 2. The summed E-state index contributed by atoms with van der Waals surface area (Å²) in [6.45, 7) is 1.87. The maximum absolute atomic E-state index is 13.1. The molecule has 1 aliphatic rings. The molecule has 3 rings (SSSR count). The van der Waals surface area contributed by atoms with Gasteiger partial charge in [-0.25, -0.2) is 4.39 Å². The van der Waals surface area contributed by atoms with E-state index in [-0.39, 0.29) is 17.8 Å². The fraction of sp³-hybridized carbons (Fsp3) is 0.316. The van der Waals surface area contributed by atoms with Crippen LogP contribution in [0.1, 0.15) is 17.5 Å². The summed E-state index contributed by atoms with van der Waals surface area (Å²) in [6.07, 6.45) is 1.71. The molecule has 1 aliphatic heterocycles. The Morgan fingerprint density at radius 3 is 2.71 bits per heavy atom. The lowest BCUT2D eigenvalue weighted by Crippen LogP contribution is -2.37. The molecule has 126 valence electrons. The topological polar surface area (TPSA) is 50.4 Å². The number of carbonyl (C=O) groups excluding carboxylic acids is 1. The molecule has 0 spiro atoms. The first kappa shape index (κ1) is 16.5. The van der Waals surface area contributed by atoms with E-state index in [0.29, 0.717) is 6.61 Å². The molecule has 1 saturated heterocycles. The molecular weight excluding hydrogens is 307 g/mol. The van der Waals surface area contributed by atoms with Gasteiger partial charge in [0.05, 0.1) is 6.04 Å². The Bertz CT molecular complexity index is 688. The van der Waals surface area contributed by atoms with Crippen molar-refractivity contribution in [1.29, 1.82) is 0 Å². The molecule has 2 aromatic rings. The molecule has 1 atom stereocenters. The van der Waals surface area contributed by atoms with Gasteiger partial charge < -0.3 is 15.4 Å². The largest absolute Gasteiger partial charge is 0.489 e. The van der Waals surface area contributed by atoms with Crippen molar-refractivity contribution in [2.75, 3.05) is 13.1 Å². The molecule has 5 heteroatoms. The Balaban J connectivity index is 1.44. The number of hydrogen-bond acceptors (Lipinski definition) is 3.